The Hall–Kier alpha value is -3.10. The highest BCUT2D eigenvalue weighted by Gasteiger charge is 2.28. The number of carbonyl (C=O) groups excluding carboxylic acids is 1. The molecule has 1 heterocycles. The molecule has 0 fully saturated rings. The molecule has 29 heavy (non-hydrogen) atoms. The van der Waals surface area contributed by atoms with E-state index < -0.39 is 35.4 Å². The van der Waals surface area contributed by atoms with Crippen molar-refractivity contribution in [3.05, 3.63) is 70.8 Å². The van der Waals surface area contributed by atoms with Gasteiger partial charge in [-0.25, -0.2) is 22.4 Å². The number of carbonyl (C=O) groups is 1. The van der Waals surface area contributed by atoms with Crippen LogP contribution in [-0.4, -0.2) is 35.8 Å². The summed E-state index contributed by atoms with van der Waals surface area (Å²) >= 11 is 0. The van der Waals surface area contributed by atoms with Crippen LogP contribution >= 0.6 is 0 Å². The van der Waals surface area contributed by atoms with E-state index in [1.807, 2.05) is 0 Å². The summed E-state index contributed by atoms with van der Waals surface area (Å²) in [5.41, 5.74) is 0.542. The third-order valence-electron chi connectivity index (χ3n) is 4.39. The minimum Gasteiger partial charge on any atom is -0.390 e. The van der Waals surface area contributed by atoms with E-state index in [1.54, 1.807) is 6.92 Å². The maximum Gasteiger partial charge on any atom is 0.317 e. The number of oxime groups is 1. The molecule has 1 aliphatic heterocycles. The third kappa shape index (κ3) is 5.04. The normalized spacial score (nSPS) is 15.6. The molecule has 0 spiro atoms. The van der Waals surface area contributed by atoms with E-state index in [2.05, 4.69) is 10.5 Å². The summed E-state index contributed by atoms with van der Waals surface area (Å²) < 4.78 is 54.2. The molecular formula is C20H19F4N3O2. The van der Waals surface area contributed by atoms with Gasteiger partial charge in [0.25, 0.3) is 0 Å². The Morgan fingerprint density at radius 2 is 1.83 bits per heavy atom. The van der Waals surface area contributed by atoms with Gasteiger partial charge in [-0.1, -0.05) is 11.2 Å². The van der Waals surface area contributed by atoms with Crippen molar-refractivity contribution in [1.29, 1.82) is 0 Å². The lowest BCUT2D eigenvalue weighted by Crippen LogP contribution is -2.43. The predicted molar refractivity (Wildman–Crippen MR) is 98.2 cm³/mol. The maximum absolute atomic E-state index is 14.0. The van der Waals surface area contributed by atoms with Gasteiger partial charge in [0, 0.05) is 36.2 Å². The number of hydrogen-bond acceptors (Lipinski definition) is 3. The van der Waals surface area contributed by atoms with Gasteiger partial charge in [0.2, 0.25) is 0 Å². The van der Waals surface area contributed by atoms with Crippen molar-refractivity contribution in [2.24, 2.45) is 5.16 Å². The Labute approximate surface area is 164 Å². The SMILES string of the molecule is CCNC(=O)N(Cc1ccc(F)cc1F)CC1CC(c2ccc(F)cc2F)=NO1. The van der Waals surface area contributed by atoms with Crippen LogP contribution in [0.3, 0.4) is 0 Å². The van der Waals surface area contributed by atoms with Gasteiger partial charge in [-0.15, -0.1) is 0 Å². The molecule has 1 N–H and O–H groups in total. The summed E-state index contributed by atoms with van der Waals surface area (Å²) in [6.45, 7) is 2.02. The fraction of sp³-hybridized carbons (Fsp3) is 0.300. The van der Waals surface area contributed by atoms with Gasteiger partial charge in [-0.3, -0.25) is 0 Å². The van der Waals surface area contributed by atoms with Crippen molar-refractivity contribution in [3.63, 3.8) is 0 Å². The minimum absolute atomic E-state index is 0.0401. The van der Waals surface area contributed by atoms with Gasteiger partial charge in [-0.2, -0.15) is 0 Å². The van der Waals surface area contributed by atoms with Crippen LogP contribution in [0.25, 0.3) is 0 Å². The van der Waals surface area contributed by atoms with E-state index in [1.165, 1.54) is 17.0 Å². The smallest absolute Gasteiger partial charge is 0.317 e. The molecule has 1 atom stereocenters. The zero-order chi connectivity index (χ0) is 21.0. The third-order valence-corrected chi connectivity index (χ3v) is 4.39. The Bertz CT molecular complexity index is 936. The van der Waals surface area contributed by atoms with Crippen LogP contribution in [0.1, 0.15) is 24.5 Å². The highest BCUT2D eigenvalue weighted by atomic mass is 19.1. The summed E-state index contributed by atoms with van der Waals surface area (Å²) in [6.07, 6.45) is -0.412. The van der Waals surface area contributed by atoms with Crippen molar-refractivity contribution in [1.82, 2.24) is 10.2 Å². The van der Waals surface area contributed by atoms with Crippen LogP contribution in [0.4, 0.5) is 22.4 Å². The van der Waals surface area contributed by atoms with Gasteiger partial charge < -0.3 is 15.1 Å². The van der Waals surface area contributed by atoms with Crippen molar-refractivity contribution >= 4 is 11.7 Å². The molecule has 0 radical (unpaired) electrons. The van der Waals surface area contributed by atoms with Gasteiger partial charge in [-0.05, 0) is 25.1 Å². The van der Waals surface area contributed by atoms with E-state index in [9.17, 15) is 22.4 Å². The van der Waals surface area contributed by atoms with Crippen molar-refractivity contribution in [2.45, 2.75) is 26.0 Å². The average molecular weight is 409 g/mol. The molecular weight excluding hydrogens is 390 g/mol. The molecule has 3 rings (SSSR count). The fourth-order valence-electron chi connectivity index (χ4n) is 2.99. The second-order valence-electron chi connectivity index (χ2n) is 6.55. The summed E-state index contributed by atoms with van der Waals surface area (Å²) in [5.74, 6) is -2.95. The first kappa shape index (κ1) is 20.6. The quantitative estimate of drug-likeness (QED) is 0.735. The standard InChI is InChI=1S/C20H19F4N3O2/c1-2-25-20(28)27(10-12-3-4-13(21)7-17(12)23)11-15-9-19(26-29-15)16-6-5-14(22)8-18(16)24/h3-8,15H,2,9-11H2,1H3,(H,25,28). The maximum atomic E-state index is 14.0. The molecule has 5 nitrogen and oxygen atoms in total. The minimum atomic E-state index is -0.767. The van der Waals surface area contributed by atoms with Gasteiger partial charge in [0.1, 0.15) is 23.3 Å². The number of urea groups is 1. The molecule has 2 aromatic carbocycles. The Morgan fingerprint density at radius 3 is 2.48 bits per heavy atom. The number of halogens is 4. The molecule has 1 aliphatic rings. The van der Waals surface area contributed by atoms with Gasteiger partial charge in [0.05, 0.1) is 18.8 Å². The second kappa shape index (κ2) is 8.93. The van der Waals surface area contributed by atoms with Crippen molar-refractivity contribution in [2.75, 3.05) is 13.1 Å². The number of nitrogens with zero attached hydrogens (tertiary/aromatic N) is 2. The van der Waals surface area contributed by atoms with E-state index in [0.717, 1.165) is 24.3 Å². The summed E-state index contributed by atoms with van der Waals surface area (Å²) in [4.78, 5) is 19.0. The monoisotopic (exact) mass is 409 g/mol. The fourth-order valence-corrected chi connectivity index (χ4v) is 2.99. The van der Waals surface area contributed by atoms with Crippen LogP contribution < -0.4 is 5.32 Å². The molecule has 0 saturated carbocycles. The Balaban J connectivity index is 1.71. The highest BCUT2D eigenvalue weighted by molar-refractivity contribution is 6.01. The van der Waals surface area contributed by atoms with Crippen LogP contribution in [-0.2, 0) is 11.4 Å². The molecule has 2 amide bonds. The number of nitrogens with one attached hydrogen (secondary N) is 1. The van der Waals surface area contributed by atoms with Crippen LogP contribution in [0.2, 0.25) is 0 Å². The van der Waals surface area contributed by atoms with E-state index >= 15 is 0 Å². The molecule has 0 aliphatic carbocycles. The van der Waals surface area contributed by atoms with E-state index in [4.69, 9.17) is 4.84 Å². The molecule has 9 heteroatoms. The molecule has 154 valence electrons. The molecule has 0 bridgehead atoms. The Kier molecular flexibility index (Phi) is 6.36. The summed E-state index contributed by atoms with van der Waals surface area (Å²) in [7, 11) is 0. The number of benzene rings is 2. The van der Waals surface area contributed by atoms with Gasteiger partial charge >= 0.3 is 6.03 Å². The second-order valence-corrected chi connectivity index (χ2v) is 6.55. The molecule has 0 aromatic heterocycles. The largest absolute Gasteiger partial charge is 0.390 e. The van der Waals surface area contributed by atoms with Crippen LogP contribution in [0, 0.1) is 23.3 Å². The van der Waals surface area contributed by atoms with Gasteiger partial charge in [0.15, 0.2) is 6.10 Å². The van der Waals surface area contributed by atoms with E-state index in [-0.39, 0.29) is 36.3 Å². The Morgan fingerprint density at radius 1 is 1.14 bits per heavy atom. The average Bonchev–Trinajstić information content (AvgIpc) is 3.11. The highest BCUT2D eigenvalue weighted by Crippen LogP contribution is 2.21. The lowest BCUT2D eigenvalue weighted by atomic mass is 10.0. The summed E-state index contributed by atoms with van der Waals surface area (Å²) in [6, 6.07) is 5.80. The number of amides is 2. The zero-order valence-electron chi connectivity index (χ0n) is 15.6. The molecule has 0 saturated heterocycles. The van der Waals surface area contributed by atoms with Crippen LogP contribution in [0.5, 0.6) is 0 Å². The van der Waals surface area contributed by atoms with Crippen molar-refractivity contribution in [3.8, 4) is 0 Å². The topological polar surface area (TPSA) is 53.9 Å². The number of hydrogen-bond donors (Lipinski definition) is 1. The molecule has 1 unspecified atom stereocenters. The van der Waals surface area contributed by atoms with Crippen molar-refractivity contribution < 1.29 is 27.2 Å². The first-order valence-corrected chi connectivity index (χ1v) is 9.02. The zero-order valence-corrected chi connectivity index (χ0v) is 15.6. The number of rotatable bonds is 6. The van der Waals surface area contributed by atoms with E-state index in [0.29, 0.717) is 6.54 Å². The predicted octanol–water partition coefficient (Wildman–Crippen LogP) is 3.97. The van der Waals surface area contributed by atoms with Crippen LogP contribution in [0.15, 0.2) is 41.6 Å². The summed E-state index contributed by atoms with van der Waals surface area (Å²) in [5, 5.41) is 6.47. The lowest BCUT2D eigenvalue weighted by molar-refractivity contribution is 0.0588. The molecule has 2 aromatic rings. The first-order chi connectivity index (χ1) is 13.9. The first-order valence-electron chi connectivity index (χ1n) is 9.02. The lowest BCUT2D eigenvalue weighted by Gasteiger charge is -2.25.